The molecule has 2 spiro atoms. The number of esters is 1. The van der Waals surface area contributed by atoms with Gasteiger partial charge in [-0.05, 0) is 18.8 Å². The van der Waals surface area contributed by atoms with Gasteiger partial charge in [-0.2, -0.15) is 0 Å². The predicted molar refractivity (Wildman–Crippen MR) is 86.8 cm³/mol. The van der Waals surface area contributed by atoms with Crippen LogP contribution in [0.3, 0.4) is 0 Å². The number of aliphatic hydroxyl groups is 3. The number of rotatable bonds is 0. The number of Topliss-reactive ketones (excluding diaryl/α,β-unsaturated/α-hetero) is 1. The second kappa shape index (κ2) is 4.69. The molecule has 3 saturated heterocycles. The van der Waals surface area contributed by atoms with Gasteiger partial charge in [0.1, 0.15) is 17.1 Å². The van der Waals surface area contributed by atoms with E-state index < -0.39 is 59.2 Å². The molecule has 0 aromatic rings. The summed E-state index contributed by atoms with van der Waals surface area (Å²) in [6.45, 7) is 5.43. The predicted octanol–water partition coefficient (Wildman–Crippen LogP) is 0.484. The molecule has 5 fully saturated rings. The molecule has 3 heterocycles. The molecule has 0 radical (unpaired) electrons. The summed E-state index contributed by atoms with van der Waals surface area (Å²) < 4.78 is 12.1. The van der Waals surface area contributed by atoms with Crippen molar-refractivity contribution in [3.63, 3.8) is 0 Å². The Morgan fingerprint density at radius 2 is 1.77 bits per heavy atom. The van der Waals surface area contributed by atoms with Gasteiger partial charge >= 0.3 is 5.97 Å². The lowest BCUT2D eigenvalue weighted by Crippen LogP contribution is -2.72. The van der Waals surface area contributed by atoms with Crippen LogP contribution >= 0.6 is 0 Å². The van der Waals surface area contributed by atoms with Crippen LogP contribution in [0.2, 0.25) is 0 Å². The molecule has 3 N–H and O–H groups in total. The second-order valence-corrected chi connectivity index (χ2v) is 8.96. The third-order valence-electron chi connectivity index (χ3n) is 7.60. The first-order valence-corrected chi connectivity index (χ1v) is 9.42. The third kappa shape index (κ3) is 1.47. The molecule has 4 bridgehead atoms. The van der Waals surface area contributed by atoms with Crippen molar-refractivity contribution in [2.75, 3.05) is 0 Å². The van der Waals surface area contributed by atoms with Gasteiger partial charge in [0.2, 0.25) is 0 Å². The van der Waals surface area contributed by atoms with Crippen LogP contribution in [-0.2, 0) is 19.1 Å². The summed E-state index contributed by atoms with van der Waals surface area (Å²) in [7, 11) is 0. The molecule has 6 rings (SSSR count). The number of ether oxygens (including phenoxy) is 2. The lowest BCUT2D eigenvalue weighted by molar-refractivity contribution is -0.302. The molecule has 2 saturated carbocycles. The van der Waals surface area contributed by atoms with E-state index in [1.54, 1.807) is 13.8 Å². The molecule has 0 unspecified atom stereocenters. The topological polar surface area (TPSA) is 113 Å². The van der Waals surface area contributed by atoms with Gasteiger partial charge in [0, 0.05) is 11.8 Å². The van der Waals surface area contributed by atoms with Crippen molar-refractivity contribution in [1.29, 1.82) is 0 Å². The number of aliphatic hydroxyl groups excluding tert-OH is 3. The van der Waals surface area contributed by atoms with E-state index in [9.17, 15) is 24.9 Å². The lowest BCUT2D eigenvalue weighted by Gasteiger charge is -2.58. The van der Waals surface area contributed by atoms with Gasteiger partial charge < -0.3 is 24.8 Å². The maximum atomic E-state index is 13.3. The number of ketones is 1. The van der Waals surface area contributed by atoms with Crippen LogP contribution in [0.25, 0.3) is 0 Å². The van der Waals surface area contributed by atoms with E-state index in [-0.39, 0.29) is 23.0 Å². The smallest absolute Gasteiger partial charge is 0.341 e. The summed E-state index contributed by atoms with van der Waals surface area (Å²) in [6.07, 6.45) is -2.05. The van der Waals surface area contributed by atoms with E-state index in [4.69, 9.17) is 9.47 Å². The summed E-state index contributed by atoms with van der Waals surface area (Å²) in [4.78, 5) is 26.1. The van der Waals surface area contributed by atoms with Crippen molar-refractivity contribution in [2.45, 2.75) is 63.1 Å². The van der Waals surface area contributed by atoms with E-state index in [0.29, 0.717) is 12.8 Å². The van der Waals surface area contributed by atoms with E-state index in [2.05, 4.69) is 0 Å². The third-order valence-corrected chi connectivity index (χ3v) is 7.60. The molecular formula is C19H24O7. The van der Waals surface area contributed by atoms with Crippen LogP contribution < -0.4 is 0 Å². The monoisotopic (exact) mass is 364 g/mol. The Balaban J connectivity index is 1.86. The first-order chi connectivity index (χ1) is 12.2. The molecule has 3 aliphatic heterocycles. The van der Waals surface area contributed by atoms with Crippen LogP contribution in [0.15, 0.2) is 11.3 Å². The van der Waals surface area contributed by atoms with Crippen LogP contribution in [0.5, 0.6) is 0 Å². The number of fused-ring (bicyclic) bond motifs is 1. The molecule has 0 aromatic carbocycles. The van der Waals surface area contributed by atoms with Crippen LogP contribution in [0, 0.1) is 29.6 Å². The van der Waals surface area contributed by atoms with Crippen molar-refractivity contribution >= 4 is 11.8 Å². The van der Waals surface area contributed by atoms with Gasteiger partial charge in [0.05, 0.1) is 30.1 Å². The fraction of sp³-hybridized carbons (Fsp3) is 0.789. The van der Waals surface area contributed by atoms with Crippen molar-refractivity contribution in [3.8, 4) is 0 Å². The van der Waals surface area contributed by atoms with E-state index in [1.165, 1.54) is 0 Å². The molecule has 6 aliphatic rings. The zero-order valence-electron chi connectivity index (χ0n) is 15.0. The zero-order valence-corrected chi connectivity index (χ0v) is 15.0. The summed E-state index contributed by atoms with van der Waals surface area (Å²) in [5.41, 5.74) is -2.83. The van der Waals surface area contributed by atoms with Gasteiger partial charge in [0.15, 0.2) is 11.2 Å². The maximum Gasteiger partial charge on any atom is 0.341 e. The maximum absolute atomic E-state index is 13.3. The van der Waals surface area contributed by atoms with Crippen molar-refractivity contribution in [2.24, 2.45) is 29.6 Å². The van der Waals surface area contributed by atoms with Crippen LogP contribution in [0.1, 0.15) is 33.6 Å². The quantitative estimate of drug-likeness (QED) is 0.536. The molecule has 0 aromatic heterocycles. The van der Waals surface area contributed by atoms with Gasteiger partial charge in [-0.3, -0.25) is 4.79 Å². The Hall–Kier alpha value is -1.44. The lowest BCUT2D eigenvalue weighted by atomic mass is 9.59. The first kappa shape index (κ1) is 16.7. The highest BCUT2D eigenvalue weighted by Gasteiger charge is 2.87. The molecule has 142 valence electrons. The molecule has 10 atom stereocenters. The first-order valence-electron chi connectivity index (χ1n) is 9.42. The highest BCUT2D eigenvalue weighted by atomic mass is 16.6. The van der Waals surface area contributed by atoms with E-state index in [1.807, 2.05) is 6.92 Å². The number of allylic oxidation sites excluding steroid dienone is 1. The molecule has 0 amide bonds. The summed E-state index contributed by atoms with van der Waals surface area (Å²) in [6, 6.07) is 0. The van der Waals surface area contributed by atoms with Crippen LogP contribution in [-0.4, -0.2) is 56.6 Å². The minimum absolute atomic E-state index is 0.0133. The Kier molecular flexibility index (Phi) is 3.02. The number of carbonyl (C=O) groups excluding carboxylic acids is 2. The Morgan fingerprint density at radius 3 is 2.46 bits per heavy atom. The van der Waals surface area contributed by atoms with E-state index >= 15 is 0 Å². The average Bonchev–Trinajstić information content (AvgIpc) is 2.87. The van der Waals surface area contributed by atoms with Gasteiger partial charge in [-0.1, -0.05) is 20.8 Å². The van der Waals surface area contributed by atoms with Crippen molar-refractivity contribution in [3.05, 3.63) is 11.3 Å². The fourth-order valence-corrected chi connectivity index (χ4v) is 6.66. The second-order valence-electron chi connectivity index (χ2n) is 8.96. The Morgan fingerprint density at radius 1 is 1.08 bits per heavy atom. The number of hydrogen-bond donors (Lipinski definition) is 3. The molecule has 3 aliphatic carbocycles. The Labute approximate surface area is 151 Å². The largest absolute Gasteiger partial charge is 0.511 e. The molecule has 7 heteroatoms. The average molecular weight is 364 g/mol. The fourth-order valence-electron chi connectivity index (χ4n) is 6.66. The Bertz CT molecular complexity index is 759. The summed E-state index contributed by atoms with van der Waals surface area (Å²) in [5, 5.41) is 32.8. The van der Waals surface area contributed by atoms with Gasteiger partial charge in [-0.15, -0.1) is 0 Å². The highest BCUT2D eigenvalue weighted by molar-refractivity contribution is 6.00. The number of carbonyl (C=O) groups is 2. The minimum Gasteiger partial charge on any atom is -0.511 e. The minimum atomic E-state index is -1.51. The zero-order chi connectivity index (χ0) is 18.8. The summed E-state index contributed by atoms with van der Waals surface area (Å²) >= 11 is 0. The molecular weight excluding hydrogens is 340 g/mol. The van der Waals surface area contributed by atoms with Gasteiger partial charge in [-0.25, -0.2) is 4.79 Å². The van der Waals surface area contributed by atoms with E-state index in [0.717, 1.165) is 0 Å². The van der Waals surface area contributed by atoms with Crippen LogP contribution in [0.4, 0.5) is 0 Å². The molecule has 7 nitrogen and oxygen atoms in total. The van der Waals surface area contributed by atoms with Crippen molar-refractivity contribution < 1.29 is 34.4 Å². The highest BCUT2D eigenvalue weighted by Crippen LogP contribution is 2.70. The SMILES string of the molecule is C[C@@H]1C[C@H](C)C(=O)[C@H]2[C@H](O)[C@@H]3[C@@H](O)[C@@H]4O[C@]25/C(=C\1O)C(=O)O[C@]35C[C@H]4C. The molecule has 26 heavy (non-hydrogen) atoms. The number of hydrogen-bond acceptors (Lipinski definition) is 7. The normalized spacial score (nSPS) is 60.5. The van der Waals surface area contributed by atoms with Gasteiger partial charge in [0.25, 0.3) is 0 Å². The summed E-state index contributed by atoms with van der Waals surface area (Å²) in [5.74, 6) is -3.72. The van der Waals surface area contributed by atoms with Crippen molar-refractivity contribution in [1.82, 2.24) is 0 Å². The standard InChI is InChI=1S/C19H24O7/c1-6-4-7(2)13(21)11-17(24)26-18-5-8(3)16-15(23)9(18)14(22)10(12(6)20)19(11,18)25-16/h6-10,14-16,21-23H,4-5H2,1-3H3/b13-11+/t6-,7+,8+,9+,10-,14+,15+,16+,18+,19-/m0/s1.